The maximum absolute atomic E-state index is 12.9. The summed E-state index contributed by atoms with van der Waals surface area (Å²) in [5.41, 5.74) is 3.31. The van der Waals surface area contributed by atoms with Crippen LogP contribution in [-0.2, 0) is 4.79 Å². The summed E-state index contributed by atoms with van der Waals surface area (Å²) in [5.74, 6) is 1.06. The molecule has 0 unspecified atom stereocenters. The predicted octanol–water partition coefficient (Wildman–Crippen LogP) is 4.85. The maximum Gasteiger partial charge on any atom is 0.258 e. The second-order valence-electron chi connectivity index (χ2n) is 7.51. The van der Waals surface area contributed by atoms with Gasteiger partial charge in [-0.05, 0) is 56.5 Å². The number of hydrogen-bond acceptors (Lipinski definition) is 5. The Labute approximate surface area is 181 Å². The fourth-order valence-electron chi connectivity index (χ4n) is 3.71. The van der Waals surface area contributed by atoms with Gasteiger partial charge in [0.2, 0.25) is 5.91 Å². The topological polar surface area (TPSA) is 67.4 Å². The zero-order chi connectivity index (χ0) is 21.1. The number of para-hydroxylation sites is 2. The Morgan fingerprint density at radius 1 is 1.23 bits per heavy atom. The summed E-state index contributed by atoms with van der Waals surface area (Å²) in [6.45, 7) is 5.75. The number of carbonyl (C=O) groups excluding carboxylic acids is 1. The molecule has 1 fully saturated rings. The molecule has 4 rings (SSSR count). The van der Waals surface area contributed by atoms with Crippen molar-refractivity contribution < 1.29 is 9.53 Å². The number of rotatable bonds is 5. The van der Waals surface area contributed by atoms with E-state index in [0.717, 1.165) is 36.0 Å². The number of hydrogen-bond donors (Lipinski definition) is 1. The molecule has 0 saturated carbocycles. The summed E-state index contributed by atoms with van der Waals surface area (Å²) >= 11 is 6.19. The van der Waals surface area contributed by atoms with E-state index < -0.39 is 0 Å². The van der Waals surface area contributed by atoms with Crippen LogP contribution in [0.2, 0.25) is 5.02 Å². The second-order valence-corrected chi connectivity index (χ2v) is 7.92. The molecule has 0 spiro atoms. The first kappa shape index (κ1) is 20.4. The molecular weight excluding hydrogens is 400 g/mol. The number of benzene rings is 2. The van der Waals surface area contributed by atoms with Crippen molar-refractivity contribution in [2.45, 2.75) is 26.7 Å². The van der Waals surface area contributed by atoms with Crippen molar-refractivity contribution in [2.75, 3.05) is 29.9 Å². The number of nitrogens with zero attached hydrogens (tertiary/aromatic N) is 3. The van der Waals surface area contributed by atoms with E-state index in [1.807, 2.05) is 50.2 Å². The van der Waals surface area contributed by atoms with Crippen LogP contribution in [0.1, 0.15) is 25.3 Å². The summed E-state index contributed by atoms with van der Waals surface area (Å²) in [4.78, 5) is 24.5. The molecule has 1 atom stereocenters. The highest BCUT2D eigenvalue weighted by Gasteiger charge is 2.29. The van der Waals surface area contributed by atoms with Gasteiger partial charge in [0.05, 0.1) is 23.6 Å². The van der Waals surface area contributed by atoms with Crippen LogP contribution in [0.15, 0.2) is 42.5 Å². The summed E-state index contributed by atoms with van der Waals surface area (Å²) < 4.78 is 5.78. The lowest BCUT2D eigenvalue weighted by molar-refractivity contribution is -0.120. The Bertz CT molecular complexity index is 1070. The van der Waals surface area contributed by atoms with Gasteiger partial charge in [-0.25, -0.2) is 9.97 Å². The summed E-state index contributed by atoms with van der Waals surface area (Å²) in [6.07, 6.45) is 1.72. The van der Waals surface area contributed by atoms with Crippen LogP contribution in [0.4, 0.5) is 11.5 Å². The van der Waals surface area contributed by atoms with E-state index in [1.54, 1.807) is 6.07 Å². The molecule has 0 bridgehead atoms. The van der Waals surface area contributed by atoms with E-state index >= 15 is 0 Å². The number of anilines is 2. The number of amides is 1. The molecule has 156 valence electrons. The molecule has 1 aromatic heterocycles. The van der Waals surface area contributed by atoms with Crippen molar-refractivity contribution in [2.24, 2.45) is 5.92 Å². The number of halogens is 1. The van der Waals surface area contributed by atoms with Gasteiger partial charge in [0.15, 0.2) is 5.82 Å². The molecule has 0 radical (unpaired) electrons. The minimum Gasteiger partial charge on any atom is -0.475 e. The number of nitrogens with one attached hydrogen (secondary N) is 1. The molecule has 1 N–H and O–H groups in total. The smallest absolute Gasteiger partial charge is 0.258 e. The third-order valence-corrected chi connectivity index (χ3v) is 5.74. The largest absolute Gasteiger partial charge is 0.475 e. The van der Waals surface area contributed by atoms with Gasteiger partial charge in [0.1, 0.15) is 0 Å². The molecule has 6 nitrogen and oxygen atoms in total. The third kappa shape index (κ3) is 4.33. The van der Waals surface area contributed by atoms with Gasteiger partial charge in [-0.1, -0.05) is 29.8 Å². The fraction of sp³-hybridized carbons (Fsp3) is 0.348. The first-order valence-corrected chi connectivity index (χ1v) is 10.6. The van der Waals surface area contributed by atoms with E-state index in [1.165, 1.54) is 0 Å². The number of carbonyl (C=O) groups is 1. The highest BCUT2D eigenvalue weighted by atomic mass is 35.5. The first-order valence-electron chi connectivity index (χ1n) is 10.3. The predicted molar refractivity (Wildman–Crippen MR) is 120 cm³/mol. The Hall–Kier alpha value is -2.86. The molecule has 2 aromatic carbocycles. The molecular formula is C23H25ClN4O2. The van der Waals surface area contributed by atoms with Gasteiger partial charge in [0, 0.05) is 23.8 Å². The van der Waals surface area contributed by atoms with Crippen LogP contribution in [0.5, 0.6) is 5.88 Å². The quantitative estimate of drug-likeness (QED) is 0.634. The van der Waals surface area contributed by atoms with Crippen molar-refractivity contribution >= 4 is 40.0 Å². The maximum atomic E-state index is 12.9. The minimum absolute atomic E-state index is 0.00803. The highest BCUT2D eigenvalue weighted by Crippen LogP contribution is 2.31. The van der Waals surface area contributed by atoms with Crippen LogP contribution < -0.4 is 15.0 Å². The van der Waals surface area contributed by atoms with Crippen LogP contribution in [0, 0.1) is 12.8 Å². The normalized spacial score (nSPS) is 16.5. The average molecular weight is 425 g/mol. The summed E-state index contributed by atoms with van der Waals surface area (Å²) in [5, 5.41) is 3.65. The molecule has 1 amide bonds. The van der Waals surface area contributed by atoms with Gasteiger partial charge in [-0.15, -0.1) is 0 Å². The Kier molecular flexibility index (Phi) is 6.04. The Morgan fingerprint density at radius 3 is 2.73 bits per heavy atom. The van der Waals surface area contributed by atoms with Crippen molar-refractivity contribution in [3.05, 3.63) is 53.1 Å². The molecule has 30 heavy (non-hydrogen) atoms. The number of aryl methyl sites for hydroxylation is 1. The molecule has 0 aliphatic carbocycles. The Balaban J connectivity index is 1.55. The number of fused-ring (bicyclic) bond motifs is 1. The van der Waals surface area contributed by atoms with Gasteiger partial charge in [0.25, 0.3) is 5.88 Å². The van der Waals surface area contributed by atoms with Crippen LogP contribution in [0.3, 0.4) is 0 Å². The summed E-state index contributed by atoms with van der Waals surface area (Å²) in [6, 6.07) is 13.3. The third-order valence-electron chi connectivity index (χ3n) is 5.33. The average Bonchev–Trinajstić information content (AvgIpc) is 2.76. The monoisotopic (exact) mass is 424 g/mol. The highest BCUT2D eigenvalue weighted by molar-refractivity contribution is 6.31. The number of ether oxygens (including phenoxy) is 1. The van der Waals surface area contributed by atoms with E-state index in [4.69, 9.17) is 21.3 Å². The second kappa shape index (κ2) is 8.88. The molecule has 7 heteroatoms. The lowest BCUT2D eigenvalue weighted by atomic mass is 9.97. The van der Waals surface area contributed by atoms with Gasteiger partial charge in [-0.3, -0.25) is 4.79 Å². The van der Waals surface area contributed by atoms with Crippen molar-refractivity contribution in [3.8, 4) is 5.88 Å². The minimum atomic E-state index is -0.151. The van der Waals surface area contributed by atoms with Crippen molar-refractivity contribution in [1.29, 1.82) is 0 Å². The Morgan fingerprint density at radius 2 is 2.00 bits per heavy atom. The first-order chi connectivity index (χ1) is 14.5. The van der Waals surface area contributed by atoms with Crippen molar-refractivity contribution in [3.63, 3.8) is 0 Å². The standard InChI is InChI=1S/C23H25ClN4O2/c1-3-30-23-21(26-19-8-4-5-9-20(19)27-23)28-12-6-7-16(14-28)22(29)25-17-11-10-15(2)18(24)13-17/h4-5,8-11,13,16H,3,6-7,12,14H2,1-2H3,(H,25,29)/t16-/m1/s1. The van der Waals surface area contributed by atoms with E-state index in [2.05, 4.69) is 15.2 Å². The van der Waals surface area contributed by atoms with Crippen LogP contribution >= 0.6 is 11.6 Å². The zero-order valence-corrected chi connectivity index (χ0v) is 17.9. The van der Waals surface area contributed by atoms with E-state index in [9.17, 15) is 4.79 Å². The van der Waals surface area contributed by atoms with Crippen molar-refractivity contribution in [1.82, 2.24) is 9.97 Å². The lowest BCUT2D eigenvalue weighted by Gasteiger charge is -2.33. The molecule has 3 aromatic rings. The molecule has 1 aliphatic heterocycles. The van der Waals surface area contributed by atoms with E-state index in [0.29, 0.717) is 35.6 Å². The van der Waals surface area contributed by atoms with Crippen LogP contribution in [0.25, 0.3) is 11.0 Å². The van der Waals surface area contributed by atoms with E-state index in [-0.39, 0.29) is 11.8 Å². The number of aromatic nitrogens is 2. The van der Waals surface area contributed by atoms with Gasteiger partial charge >= 0.3 is 0 Å². The molecule has 1 aliphatic rings. The van der Waals surface area contributed by atoms with Crippen LogP contribution in [-0.4, -0.2) is 35.6 Å². The molecule has 1 saturated heterocycles. The zero-order valence-electron chi connectivity index (χ0n) is 17.2. The SMILES string of the molecule is CCOc1nc2ccccc2nc1N1CCC[C@@H](C(=O)Nc2ccc(C)c(Cl)c2)C1. The fourth-order valence-corrected chi connectivity index (χ4v) is 3.89. The molecule has 2 heterocycles. The summed E-state index contributed by atoms with van der Waals surface area (Å²) in [7, 11) is 0. The van der Waals surface area contributed by atoms with Gasteiger partial charge in [-0.2, -0.15) is 0 Å². The van der Waals surface area contributed by atoms with Gasteiger partial charge < -0.3 is 15.0 Å². The lowest BCUT2D eigenvalue weighted by Crippen LogP contribution is -2.41. The number of piperidine rings is 1.